The van der Waals surface area contributed by atoms with Crippen LogP contribution < -0.4 is 21.3 Å². The van der Waals surface area contributed by atoms with E-state index in [4.69, 9.17) is 15.2 Å². The van der Waals surface area contributed by atoms with E-state index >= 15 is 0 Å². The van der Waals surface area contributed by atoms with Crippen LogP contribution in [0.5, 0.6) is 11.5 Å². The summed E-state index contributed by atoms with van der Waals surface area (Å²) < 4.78 is 29.0. The topological polar surface area (TPSA) is 130 Å². The number of anilines is 1. The molecule has 11 heteroatoms. The van der Waals surface area contributed by atoms with Gasteiger partial charge in [0.1, 0.15) is 17.0 Å². The highest BCUT2D eigenvalue weighted by atomic mass is 19.1. The van der Waals surface area contributed by atoms with Gasteiger partial charge in [-0.3, -0.25) is 24.0 Å². The molecule has 2 aliphatic rings. The minimum Gasteiger partial charge on any atom is -0.454 e. The molecule has 2 aromatic heterocycles. The molecule has 0 atom stereocenters. The highest BCUT2D eigenvalue weighted by Gasteiger charge is 2.28. The van der Waals surface area contributed by atoms with Crippen molar-refractivity contribution in [3.63, 3.8) is 0 Å². The average Bonchev–Trinajstić information content (AvgIpc) is 3.18. The third-order valence-electron chi connectivity index (χ3n) is 5.78. The Morgan fingerprint density at radius 3 is 2.81 bits per heavy atom. The Labute approximate surface area is 204 Å². The molecule has 3 heterocycles. The number of benzene rings is 1. The lowest BCUT2D eigenvalue weighted by Gasteiger charge is -2.20. The molecule has 1 aliphatic heterocycles. The van der Waals surface area contributed by atoms with E-state index in [0.29, 0.717) is 24.5 Å². The number of pyridine rings is 1. The third-order valence-corrected chi connectivity index (χ3v) is 5.78. The molecule has 0 saturated carbocycles. The molecule has 5 rings (SSSR count). The predicted molar refractivity (Wildman–Crippen MR) is 128 cm³/mol. The summed E-state index contributed by atoms with van der Waals surface area (Å²) in [5, 5.41) is 2.60. The molecule has 3 aromatic rings. The van der Waals surface area contributed by atoms with Crippen LogP contribution in [-0.4, -0.2) is 32.8 Å². The van der Waals surface area contributed by atoms with Crippen LogP contribution in [0.1, 0.15) is 39.4 Å². The Morgan fingerprint density at radius 1 is 1.19 bits per heavy atom. The predicted octanol–water partition coefficient (Wildman–Crippen LogP) is 3.05. The first-order valence-corrected chi connectivity index (χ1v) is 11.3. The van der Waals surface area contributed by atoms with Crippen LogP contribution >= 0.6 is 0 Å². The number of hydrogen-bond acceptors (Lipinski definition) is 6. The second-order valence-corrected chi connectivity index (χ2v) is 8.17. The second kappa shape index (κ2) is 9.62. The van der Waals surface area contributed by atoms with Crippen molar-refractivity contribution in [2.45, 2.75) is 26.0 Å². The zero-order valence-electron chi connectivity index (χ0n) is 19.1. The van der Waals surface area contributed by atoms with Gasteiger partial charge in [-0.2, -0.15) is 0 Å². The number of hydrogen-bond donors (Lipinski definition) is 2. The van der Waals surface area contributed by atoms with E-state index in [1.807, 2.05) is 18.2 Å². The van der Waals surface area contributed by atoms with Gasteiger partial charge in [0.2, 0.25) is 0 Å². The lowest BCUT2D eigenvalue weighted by atomic mass is 10.1. The van der Waals surface area contributed by atoms with E-state index in [0.717, 1.165) is 18.9 Å². The molecule has 1 aliphatic carbocycles. The van der Waals surface area contributed by atoms with Crippen LogP contribution in [0.25, 0.3) is 5.70 Å². The number of fused-ring (bicyclic) bond motifs is 1. The van der Waals surface area contributed by atoms with E-state index in [2.05, 4.69) is 10.3 Å². The van der Waals surface area contributed by atoms with Crippen molar-refractivity contribution < 1.29 is 23.5 Å². The van der Waals surface area contributed by atoms with E-state index in [9.17, 15) is 18.8 Å². The van der Waals surface area contributed by atoms with Crippen molar-refractivity contribution in [1.29, 1.82) is 0 Å². The minimum absolute atomic E-state index is 0.0261. The molecule has 10 nitrogen and oxygen atoms in total. The number of allylic oxidation sites excluding steroid dienone is 4. The Hall–Kier alpha value is -4.51. The summed E-state index contributed by atoms with van der Waals surface area (Å²) in [6.07, 6.45) is 8.80. The number of nitrogens with one attached hydrogen (secondary N) is 1. The molecule has 1 aromatic carbocycles. The summed E-state index contributed by atoms with van der Waals surface area (Å²) in [7, 11) is 0. The second-order valence-electron chi connectivity index (χ2n) is 8.17. The van der Waals surface area contributed by atoms with E-state index in [-0.39, 0.29) is 35.1 Å². The maximum atomic E-state index is 14.8. The van der Waals surface area contributed by atoms with Gasteiger partial charge in [-0.1, -0.05) is 12.2 Å². The van der Waals surface area contributed by atoms with E-state index in [1.165, 1.54) is 35.1 Å². The van der Waals surface area contributed by atoms with E-state index in [1.54, 1.807) is 4.68 Å². The van der Waals surface area contributed by atoms with Crippen LogP contribution in [0, 0.1) is 5.82 Å². The molecule has 0 unspecified atom stereocenters. The van der Waals surface area contributed by atoms with Crippen molar-refractivity contribution in [3.05, 3.63) is 87.9 Å². The zero-order valence-corrected chi connectivity index (χ0v) is 19.1. The number of halogens is 1. The van der Waals surface area contributed by atoms with Gasteiger partial charge in [-0.05, 0) is 37.1 Å². The monoisotopic (exact) mass is 491 g/mol. The number of nitrogens with two attached hydrogens (primary N) is 1. The number of aromatic nitrogens is 3. The summed E-state index contributed by atoms with van der Waals surface area (Å²) in [5.41, 5.74) is 5.97. The van der Waals surface area contributed by atoms with Gasteiger partial charge in [-0.25, -0.2) is 9.07 Å². The van der Waals surface area contributed by atoms with Crippen molar-refractivity contribution >= 4 is 23.2 Å². The number of primary amides is 1. The molecule has 0 radical (unpaired) electrons. The van der Waals surface area contributed by atoms with Gasteiger partial charge in [-0.15, -0.1) is 0 Å². The number of carbonyl (C=O) groups is 2. The van der Waals surface area contributed by atoms with Gasteiger partial charge >= 0.3 is 0 Å². The standard InChI is InChI=1S/C25H22FN5O5/c26-18-12-15(6-7-21(18)36-17-8-9-28-19(13-17)23(27)32)29-24(33)22-20-14-35-11-10-30(20)31(25(22)34)16-4-2-1-3-5-16/h2,4-9,12-13H,1,3,10-11,14H2,(H2,27,32)(H,29,33). The Morgan fingerprint density at radius 2 is 2.06 bits per heavy atom. The van der Waals surface area contributed by atoms with E-state index < -0.39 is 23.2 Å². The first-order valence-electron chi connectivity index (χ1n) is 11.3. The maximum Gasteiger partial charge on any atom is 0.284 e. The number of carbonyl (C=O) groups excluding carboxylic acids is 2. The Kier molecular flexibility index (Phi) is 6.21. The number of ether oxygens (including phenoxy) is 2. The van der Waals surface area contributed by atoms with Crippen molar-refractivity contribution in [3.8, 4) is 11.5 Å². The zero-order chi connectivity index (χ0) is 25.2. The molecule has 184 valence electrons. The minimum atomic E-state index is -0.762. The molecule has 0 spiro atoms. The molecule has 0 bridgehead atoms. The fourth-order valence-electron chi connectivity index (χ4n) is 4.12. The van der Waals surface area contributed by atoms with Crippen molar-refractivity contribution in [2.75, 3.05) is 11.9 Å². The van der Waals surface area contributed by atoms with Crippen molar-refractivity contribution in [2.24, 2.45) is 5.73 Å². The smallest absolute Gasteiger partial charge is 0.284 e. The summed E-state index contributed by atoms with van der Waals surface area (Å²) >= 11 is 0. The molecule has 0 saturated heterocycles. The summed E-state index contributed by atoms with van der Waals surface area (Å²) in [5.74, 6) is -2.14. The largest absolute Gasteiger partial charge is 0.454 e. The maximum absolute atomic E-state index is 14.8. The summed E-state index contributed by atoms with van der Waals surface area (Å²) in [4.78, 5) is 41.6. The van der Waals surface area contributed by atoms with Crippen LogP contribution in [0.4, 0.5) is 10.1 Å². The normalized spacial score (nSPS) is 14.6. The highest BCUT2D eigenvalue weighted by Crippen LogP contribution is 2.27. The first-order chi connectivity index (χ1) is 17.4. The third kappa shape index (κ3) is 4.43. The molecular formula is C25H22FN5O5. The van der Waals surface area contributed by atoms with Gasteiger partial charge in [0.05, 0.1) is 31.1 Å². The fourth-order valence-corrected chi connectivity index (χ4v) is 4.12. The van der Waals surface area contributed by atoms with Crippen molar-refractivity contribution in [1.82, 2.24) is 14.3 Å². The fraction of sp³-hybridized carbons (Fsp3) is 0.200. The molecular weight excluding hydrogens is 469 g/mol. The van der Waals surface area contributed by atoms with Crippen LogP contribution in [0.3, 0.4) is 0 Å². The Bertz CT molecular complexity index is 1490. The molecule has 0 fully saturated rings. The highest BCUT2D eigenvalue weighted by molar-refractivity contribution is 6.05. The van der Waals surface area contributed by atoms with Gasteiger partial charge in [0.15, 0.2) is 11.6 Å². The lowest BCUT2D eigenvalue weighted by Crippen LogP contribution is -2.27. The first kappa shape index (κ1) is 23.2. The number of nitrogens with zero attached hydrogens (tertiary/aromatic N) is 3. The number of rotatable bonds is 6. The quantitative estimate of drug-likeness (QED) is 0.545. The van der Waals surface area contributed by atoms with Gasteiger partial charge in [0, 0.05) is 24.0 Å². The molecule has 2 amide bonds. The lowest BCUT2D eigenvalue weighted by molar-refractivity contribution is 0.0759. The average molecular weight is 491 g/mol. The molecule has 36 heavy (non-hydrogen) atoms. The summed E-state index contributed by atoms with van der Waals surface area (Å²) in [6.45, 7) is 0.961. The Balaban J connectivity index is 1.40. The SMILES string of the molecule is NC(=O)c1cc(Oc2ccc(NC(=O)c3c4n(n(C5=CCCC=C5)c3=O)CCOC4)cc2F)ccn1. The van der Waals surface area contributed by atoms with Crippen LogP contribution in [-0.2, 0) is 17.9 Å². The van der Waals surface area contributed by atoms with Crippen LogP contribution in [0.2, 0.25) is 0 Å². The van der Waals surface area contributed by atoms with Gasteiger partial charge in [0.25, 0.3) is 17.4 Å². The number of amides is 2. The summed E-state index contributed by atoms with van der Waals surface area (Å²) in [6, 6.07) is 6.58. The van der Waals surface area contributed by atoms with Crippen LogP contribution in [0.15, 0.2) is 59.6 Å². The van der Waals surface area contributed by atoms with Gasteiger partial charge < -0.3 is 20.5 Å². The molecule has 3 N–H and O–H groups in total.